The summed E-state index contributed by atoms with van der Waals surface area (Å²) in [5.41, 5.74) is 0.745. The molecule has 2 N–H and O–H groups in total. The van der Waals surface area contributed by atoms with E-state index in [0.29, 0.717) is 12.3 Å². The number of ether oxygens (including phenoxy) is 1. The van der Waals surface area contributed by atoms with Crippen LogP contribution in [0.15, 0.2) is 24.3 Å². The smallest absolute Gasteiger partial charge is 0.321 e. The van der Waals surface area contributed by atoms with Crippen molar-refractivity contribution in [1.29, 1.82) is 0 Å². The summed E-state index contributed by atoms with van der Waals surface area (Å²) in [6.45, 7) is 4.19. The van der Waals surface area contributed by atoms with Crippen molar-refractivity contribution in [3.05, 3.63) is 24.3 Å². The predicted molar refractivity (Wildman–Crippen MR) is 105 cm³/mol. The van der Waals surface area contributed by atoms with Crippen LogP contribution >= 0.6 is 0 Å². The number of nitrogens with zero attached hydrogens (tertiary/aromatic N) is 2. The maximum absolute atomic E-state index is 12.9. The molecule has 152 valence electrons. The van der Waals surface area contributed by atoms with E-state index in [1.807, 2.05) is 30.0 Å². The Labute approximate surface area is 165 Å². The lowest BCUT2D eigenvalue weighted by atomic mass is 10.1. The number of para-hydroxylation sites is 2. The van der Waals surface area contributed by atoms with E-state index >= 15 is 0 Å². The van der Waals surface area contributed by atoms with Crippen LogP contribution in [0.5, 0.6) is 5.75 Å². The van der Waals surface area contributed by atoms with Crippen LogP contribution in [0, 0.1) is 0 Å². The van der Waals surface area contributed by atoms with Gasteiger partial charge in [0.05, 0.1) is 18.8 Å². The molecule has 1 fully saturated rings. The summed E-state index contributed by atoms with van der Waals surface area (Å²) in [6.07, 6.45) is 3.29. The van der Waals surface area contributed by atoms with Crippen LogP contribution in [0.25, 0.3) is 0 Å². The quantitative estimate of drug-likeness (QED) is 0.798. The molecule has 1 aromatic rings. The Hall–Kier alpha value is -2.77. The maximum atomic E-state index is 12.9. The average molecular weight is 388 g/mol. The zero-order valence-corrected chi connectivity index (χ0v) is 16.3. The van der Waals surface area contributed by atoms with Gasteiger partial charge in [-0.05, 0) is 37.8 Å². The Morgan fingerprint density at radius 2 is 1.89 bits per heavy atom. The van der Waals surface area contributed by atoms with Gasteiger partial charge in [0.2, 0.25) is 5.91 Å². The number of anilines is 1. The number of benzene rings is 1. The molecule has 3 rings (SSSR count). The number of hydrogen-bond donors (Lipinski definition) is 2. The van der Waals surface area contributed by atoms with Gasteiger partial charge in [-0.1, -0.05) is 19.1 Å². The number of hydrogen-bond acceptors (Lipinski definition) is 5. The first kappa shape index (κ1) is 20.0. The molecule has 0 spiro atoms. The van der Waals surface area contributed by atoms with Crippen molar-refractivity contribution in [3.63, 3.8) is 0 Å². The molecule has 4 amide bonds. The molecule has 28 heavy (non-hydrogen) atoms. The first-order valence-corrected chi connectivity index (χ1v) is 9.95. The second-order valence-corrected chi connectivity index (χ2v) is 7.14. The SMILES string of the molecule is CCCNC(=O)NC(=O)CN1C[C@H](C(=O)N2CCCCC2)Oc2ccccc21. The molecule has 1 saturated heterocycles. The number of piperidine rings is 1. The van der Waals surface area contributed by atoms with Gasteiger partial charge in [-0.3, -0.25) is 14.9 Å². The molecule has 8 nitrogen and oxygen atoms in total. The molecule has 1 atom stereocenters. The monoisotopic (exact) mass is 388 g/mol. The lowest BCUT2D eigenvalue weighted by Crippen LogP contribution is -2.53. The highest BCUT2D eigenvalue weighted by atomic mass is 16.5. The Balaban J connectivity index is 1.68. The molecule has 0 bridgehead atoms. The lowest BCUT2D eigenvalue weighted by molar-refractivity contribution is -0.139. The van der Waals surface area contributed by atoms with Crippen LogP contribution in [0.2, 0.25) is 0 Å². The molecule has 0 saturated carbocycles. The van der Waals surface area contributed by atoms with E-state index in [2.05, 4.69) is 10.6 Å². The molecule has 8 heteroatoms. The molecule has 0 aromatic heterocycles. The van der Waals surface area contributed by atoms with E-state index in [0.717, 1.165) is 44.5 Å². The third-order valence-corrected chi connectivity index (χ3v) is 4.93. The van der Waals surface area contributed by atoms with Crippen LogP contribution in [0.1, 0.15) is 32.6 Å². The summed E-state index contributed by atoms with van der Waals surface area (Å²) in [4.78, 5) is 40.6. The van der Waals surface area contributed by atoms with E-state index in [9.17, 15) is 14.4 Å². The highest BCUT2D eigenvalue weighted by Gasteiger charge is 2.34. The number of imide groups is 1. The molecule has 0 aliphatic carbocycles. The molecule has 0 unspecified atom stereocenters. The van der Waals surface area contributed by atoms with Crippen LogP contribution in [0.3, 0.4) is 0 Å². The highest BCUT2D eigenvalue weighted by molar-refractivity contribution is 5.97. The fourth-order valence-corrected chi connectivity index (χ4v) is 3.53. The predicted octanol–water partition coefficient (Wildman–Crippen LogP) is 1.50. The number of fused-ring (bicyclic) bond motifs is 1. The Bertz CT molecular complexity index is 718. The van der Waals surface area contributed by atoms with Crippen LogP contribution in [-0.4, -0.2) is 61.6 Å². The normalized spacial score (nSPS) is 18.7. The first-order chi connectivity index (χ1) is 13.6. The lowest BCUT2D eigenvalue weighted by Gasteiger charge is -2.38. The third kappa shape index (κ3) is 4.94. The Kier molecular flexibility index (Phi) is 6.73. The molecule has 2 heterocycles. The van der Waals surface area contributed by atoms with Crippen molar-refractivity contribution < 1.29 is 19.1 Å². The topological polar surface area (TPSA) is 91.0 Å². The summed E-state index contributed by atoms with van der Waals surface area (Å²) in [6, 6.07) is 6.83. The average Bonchev–Trinajstić information content (AvgIpc) is 2.72. The largest absolute Gasteiger partial charge is 0.477 e. The van der Waals surface area contributed by atoms with Crippen molar-refractivity contribution >= 4 is 23.5 Å². The van der Waals surface area contributed by atoms with E-state index in [1.54, 1.807) is 11.0 Å². The summed E-state index contributed by atoms with van der Waals surface area (Å²) in [5.74, 6) is 0.113. The number of rotatable bonds is 5. The number of nitrogens with one attached hydrogen (secondary N) is 2. The van der Waals surface area contributed by atoms with Crippen LogP contribution in [0.4, 0.5) is 10.5 Å². The molecular weight excluding hydrogens is 360 g/mol. The number of likely N-dealkylation sites (tertiary alicyclic amines) is 1. The molecule has 0 radical (unpaired) electrons. The maximum Gasteiger partial charge on any atom is 0.321 e. The highest BCUT2D eigenvalue weighted by Crippen LogP contribution is 2.33. The van der Waals surface area contributed by atoms with Gasteiger partial charge < -0.3 is 19.9 Å². The van der Waals surface area contributed by atoms with Gasteiger partial charge in [0.25, 0.3) is 5.91 Å². The third-order valence-electron chi connectivity index (χ3n) is 4.93. The standard InChI is InChI=1S/C20H28N4O4/c1-2-10-21-20(27)22-18(25)14-24-13-17(19(26)23-11-6-3-7-12-23)28-16-9-5-4-8-15(16)24/h4-5,8-9,17H,2-3,6-7,10-14H2,1H3,(H2,21,22,25,27)/t17-/m1/s1. The van der Waals surface area contributed by atoms with Crippen molar-refractivity contribution in [2.75, 3.05) is 37.6 Å². The van der Waals surface area contributed by atoms with Gasteiger partial charge in [0.1, 0.15) is 5.75 Å². The Morgan fingerprint density at radius 3 is 2.64 bits per heavy atom. The second kappa shape index (κ2) is 9.43. The first-order valence-electron chi connectivity index (χ1n) is 9.95. The summed E-state index contributed by atoms with van der Waals surface area (Å²) >= 11 is 0. The van der Waals surface area contributed by atoms with Crippen LogP contribution in [-0.2, 0) is 9.59 Å². The van der Waals surface area contributed by atoms with Crippen molar-refractivity contribution in [2.45, 2.75) is 38.7 Å². The van der Waals surface area contributed by atoms with E-state index < -0.39 is 18.0 Å². The minimum atomic E-state index is -0.658. The van der Waals surface area contributed by atoms with Crippen molar-refractivity contribution in [2.24, 2.45) is 0 Å². The Morgan fingerprint density at radius 1 is 1.14 bits per heavy atom. The van der Waals surface area contributed by atoms with Crippen LogP contribution < -0.4 is 20.3 Å². The summed E-state index contributed by atoms with van der Waals surface area (Å²) in [5, 5.41) is 4.95. The zero-order valence-electron chi connectivity index (χ0n) is 16.3. The molecular formula is C20H28N4O4. The fourth-order valence-electron chi connectivity index (χ4n) is 3.53. The fraction of sp³-hybridized carbons (Fsp3) is 0.550. The van der Waals surface area contributed by atoms with E-state index in [4.69, 9.17) is 4.74 Å². The van der Waals surface area contributed by atoms with Gasteiger partial charge in [0, 0.05) is 19.6 Å². The number of amides is 4. The van der Waals surface area contributed by atoms with Crippen molar-refractivity contribution in [3.8, 4) is 5.75 Å². The minimum absolute atomic E-state index is 0.0241. The van der Waals surface area contributed by atoms with Crippen molar-refractivity contribution in [1.82, 2.24) is 15.5 Å². The summed E-state index contributed by atoms with van der Waals surface area (Å²) in [7, 11) is 0. The second-order valence-electron chi connectivity index (χ2n) is 7.14. The zero-order chi connectivity index (χ0) is 19.9. The van der Waals surface area contributed by atoms with Gasteiger partial charge in [-0.2, -0.15) is 0 Å². The van der Waals surface area contributed by atoms with Gasteiger partial charge in [0.15, 0.2) is 6.10 Å². The van der Waals surface area contributed by atoms with Gasteiger partial charge in [-0.25, -0.2) is 4.79 Å². The summed E-state index contributed by atoms with van der Waals surface area (Å²) < 4.78 is 5.95. The van der Waals surface area contributed by atoms with E-state index in [1.165, 1.54) is 0 Å². The minimum Gasteiger partial charge on any atom is -0.477 e. The van der Waals surface area contributed by atoms with E-state index in [-0.39, 0.29) is 19.0 Å². The molecule has 2 aliphatic rings. The number of carbonyl (C=O) groups is 3. The number of carbonyl (C=O) groups excluding carboxylic acids is 3. The molecule has 2 aliphatic heterocycles. The molecule has 1 aromatic carbocycles. The van der Waals surface area contributed by atoms with Gasteiger partial charge >= 0.3 is 6.03 Å². The van der Waals surface area contributed by atoms with Gasteiger partial charge in [-0.15, -0.1) is 0 Å². The number of urea groups is 1.